The molecule has 1 saturated carbocycles. The van der Waals surface area contributed by atoms with E-state index in [4.69, 9.17) is 14.7 Å². The summed E-state index contributed by atoms with van der Waals surface area (Å²) in [6.07, 6.45) is 8.12. The predicted octanol–water partition coefficient (Wildman–Crippen LogP) is 2.88. The van der Waals surface area contributed by atoms with Crippen LogP contribution in [0.25, 0.3) is 11.5 Å². The third-order valence-corrected chi connectivity index (χ3v) is 6.36. The highest BCUT2D eigenvalue weighted by atomic mass is 16.5. The van der Waals surface area contributed by atoms with Crippen LogP contribution in [0, 0.1) is 6.92 Å². The summed E-state index contributed by atoms with van der Waals surface area (Å²) in [6, 6.07) is 7.45. The molecule has 176 valence electrons. The number of likely N-dealkylation sites (N-methyl/N-ethyl adjacent to an activating group) is 1. The first kappa shape index (κ1) is 22.4. The van der Waals surface area contributed by atoms with Crippen molar-refractivity contribution in [2.24, 2.45) is 0 Å². The number of Topliss-reactive ketones (excluding diaryl/α,β-unsaturated/α-hetero) is 1. The van der Waals surface area contributed by atoms with E-state index in [-0.39, 0.29) is 18.9 Å². The molecule has 0 spiro atoms. The first-order chi connectivity index (χ1) is 16.4. The fraction of sp³-hybridized carbons (Fsp3) is 0.423. The van der Waals surface area contributed by atoms with Gasteiger partial charge in [0.05, 0.1) is 12.1 Å². The van der Waals surface area contributed by atoms with Crippen LogP contribution >= 0.6 is 0 Å². The van der Waals surface area contributed by atoms with Crippen LogP contribution in [0.2, 0.25) is 0 Å². The monoisotopic (exact) mass is 459 g/mol. The van der Waals surface area contributed by atoms with Gasteiger partial charge in [0, 0.05) is 48.9 Å². The van der Waals surface area contributed by atoms with E-state index in [2.05, 4.69) is 9.97 Å². The quantitative estimate of drug-likeness (QED) is 0.521. The minimum absolute atomic E-state index is 0.103. The molecule has 0 amide bonds. The molecule has 8 heteroatoms. The Morgan fingerprint density at radius 3 is 2.79 bits per heavy atom. The molecule has 0 aliphatic heterocycles. The zero-order valence-electron chi connectivity index (χ0n) is 19.6. The van der Waals surface area contributed by atoms with Crippen LogP contribution in [-0.4, -0.2) is 56.6 Å². The summed E-state index contributed by atoms with van der Waals surface area (Å²) in [5.41, 5.74) is 3.90. The van der Waals surface area contributed by atoms with Crippen LogP contribution in [0.4, 0.5) is 5.82 Å². The maximum absolute atomic E-state index is 12.8. The molecule has 3 heterocycles. The Kier molecular flexibility index (Phi) is 6.00. The number of carbonyl (C=O) groups is 1. The minimum Gasteiger partial charge on any atom is -0.490 e. The highest BCUT2D eigenvalue weighted by Crippen LogP contribution is 2.36. The second-order valence-electron chi connectivity index (χ2n) is 9.42. The summed E-state index contributed by atoms with van der Waals surface area (Å²) in [4.78, 5) is 33.1. The largest absolute Gasteiger partial charge is 0.490 e. The lowest BCUT2D eigenvalue weighted by atomic mass is 10.1. The topological polar surface area (TPSA) is 101 Å². The van der Waals surface area contributed by atoms with Gasteiger partial charge >= 0.3 is 0 Å². The molecule has 2 aliphatic rings. The van der Waals surface area contributed by atoms with Gasteiger partial charge in [-0.3, -0.25) is 14.8 Å². The minimum atomic E-state index is -0.690. The number of hydrogen-bond donors (Lipinski definition) is 1. The molecule has 3 aromatic heterocycles. The van der Waals surface area contributed by atoms with Gasteiger partial charge < -0.3 is 14.7 Å². The molecule has 5 rings (SSSR count). The van der Waals surface area contributed by atoms with Crippen molar-refractivity contribution in [3.05, 3.63) is 59.2 Å². The van der Waals surface area contributed by atoms with E-state index in [0.717, 1.165) is 60.4 Å². The second kappa shape index (κ2) is 9.10. The van der Waals surface area contributed by atoms with Crippen molar-refractivity contribution < 1.29 is 14.6 Å². The number of fused-ring (bicyclic) bond motifs is 1. The maximum Gasteiger partial charge on any atom is 0.180 e. The van der Waals surface area contributed by atoms with Crippen molar-refractivity contribution in [3.8, 4) is 17.3 Å². The van der Waals surface area contributed by atoms with Gasteiger partial charge in [-0.2, -0.15) is 0 Å². The maximum atomic E-state index is 12.8. The summed E-state index contributed by atoms with van der Waals surface area (Å²) >= 11 is 0. The fourth-order valence-electron chi connectivity index (χ4n) is 4.20. The number of pyridine rings is 2. The van der Waals surface area contributed by atoms with Gasteiger partial charge in [0.15, 0.2) is 11.6 Å². The Hall–Kier alpha value is -3.39. The summed E-state index contributed by atoms with van der Waals surface area (Å²) in [5, 5.41) is 10.1. The molecule has 34 heavy (non-hydrogen) atoms. The molecule has 0 unspecified atom stereocenters. The molecular formula is C26H29N5O3. The van der Waals surface area contributed by atoms with Crippen molar-refractivity contribution in [3.63, 3.8) is 0 Å². The van der Waals surface area contributed by atoms with Crippen LogP contribution in [0.5, 0.6) is 5.75 Å². The number of ketones is 1. The Morgan fingerprint density at radius 2 is 2.03 bits per heavy atom. The molecule has 0 radical (unpaired) electrons. The molecule has 1 N–H and O–H groups in total. The number of rotatable bonds is 9. The highest BCUT2D eigenvalue weighted by Gasteiger charge is 2.41. The van der Waals surface area contributed by atoms with E-state index in [1.165, 1.54) is 0 Å². The summed E-state index contributed by atoms with van der Waals surface area (Å²) in [6.45, 7) is 2.46. The van der Waals surface area contributed by atoms with Gasteiger partial charge in [-0.1, -0.05) is 6.07 Å². The average molecular weight is 460 g/mol. The smallest absolute Gasteiger partial charge is 0.180 e. The zero-order chi connectivity index (χ0) is 23.7. The Labute approximate surface area is 199 Å². The van der Waals surface area contributed by atoms with E-state index in [9.17, 15) is 9.90 Å². The standard InChI is InChI=1S/C26H29N5O3/c1-17-6-7-18(14-28-17)12-19(32)15-31(2)25-21-4-3-5-22(21)29-24(30-25)23-13-20(8-11-27-23)34-16-26(33)9-10-26/h6-8,11,13-14,33H,3-5,9-10,12,15-16H2,1-2H3. The number of hydrogen-bond acceptors (Lipinski definition) is 8. The van der Waals surface area contributed by atoms with E-state index >= 15 is 0 Å². The van der Waals surface area contributed by atoms with Gasteiger partial charge in [-0.15, -0.1) is 0 Å². The molecule has 0 saturated heterocycles. The lowest BCUT2D eigenvalue weighted by molar-refractivity contribution is -0.117. The van der Waals surface area contributed by atoms with Crippen LogP contribution < -0.4 is 9.64 Å². The second-order valence-corrected chi connectivity index (χ2v) is 9.42. The zero-order valence-corrected chi connectivity index (χ0v) is 19.6. The SMILES string of the molecule is Cc1ccc(CC(=O)CN(C)c2nc(-c3cc(OCC4(O)CC4)ccn3)nc3c2CCC3)cn1. The van der Waals surface area contributed by atoms with Gasteiger partial charge in [-0.25, -0.2) is 9.97 Å². The van der Waals surface area contributed by atoms with E-state index < -0.39 is 5.60 Å². The number of carbonyl (C=O) groups excluding carboxylic acids is 1. The van der Waals surface area contributed by atoms with Crippen molar-refractivity contribution in [1.82, 2.24) is 19.9 Å². The molecular weight excluding hydrogens is 430 g/mol. The Morgan fingerprint density at radius 1 is 1.18 bits per heavy atom. The van der Waals surface area contributed by atoms with Crippen LogP contribution in [-0.2, 0) is 24.1 Å². The van der Waals surface area contributed by atoms with E-state index in [1.807, 2.05) is 37.1 Å². The molecule has 0 bridgehead atoms. The first-order valence-electron chi connectivity index (χ1n) is 11.7. The average Bonchev–Trinajstić information content (AvgIpc) is 3.37. The predicted molar refractivity (Wildman–Crippen MR) is 128 cm³/mol. The van der Waals surface area contributed by atoms with Crippen molar-refractivity contribution in [2.75, 3.05) is 25.1 Å². The van der Waals surface area contributed by atoms with Crippen LogP contribution in [0.1, 0.15) is 41.8 Å². The lowest BCUT2D eigenvalue weighted by Crippen LogP contribution is -2.28. The summed E-state index contributed by atoms with van der Waals surface area (Å²) in [7, 11) is 1.90. The van der Waals surface area contributed by atoms with Crippen LogP contribution in [0.3, 0.4) is 0 Å². The molecule has 8 nitrogen and oxygen atoms in total. The summed E-state index contributed by atoms with van der Waals surface area (Å²) in [5.74, 6) is 2.04. The number of nitrogens with zero attached hydrogens (tertiary/aromatic N) is 5. The molecule has 0 aromatic carbocycles. The Balaban J connectivity index is 1.35. The van der Waals surface area contributed by atoms with E-state index in [1.54, 1.807) is 18.5 Å². The molecule has 1 fully saturated rings. The van der Waals surface area contributed by atoms with Crippen molar-refractivity contribution >= 4 is 11.6 Å². The van der Waals surface area contributed by atoms with Gasteiger partial charge in [-0.05, 0) is 56.7 Å². The molecule has 2 aliphatic carbocycles. The number of aromatic nitrogens is 4. The number of ether oxygens (including phenoxy) is 1. The normalized spacial score (nSPS) is 15.6. The summed E-state index contributed by atoms with van der Waals surface area (Å²) < 4.78 is 5.78. The third-order valence-electron chi connectivity index (χ3n) is 6.36. The van der Waals surface area contributed by atoms with Gasteiger partial charge in [0.1, 0.15) is 23.9 Å². The fourth-order valence-corrected chi connectivity index (χ4v) is 4.20. The number of aryl methyl sites for hydroxylation is 2. The van der Waals surface area contributed by atoms with Gasteiger partial charge in [0.25, 0.3) is 0 Å². The molecule has 0 atom stereocenters. The number of anilines is 1. The lowest BCUT2D eigenvalue weighted by Gasteiger charge is -2.21. The third kappa shape index (κ3) is 5.07. The highest BCUT2D eigenvalue weighted by molar-refractivity contribution is 5.85. The van der Waals surface area contributed by atoms with E-state index in [0.29, 0.717) is 23.7 Å². The molecule has 3 aromatic rings. The number of aliphatic hydroxyl groups is 1. The Bertz CT molecular complexity index is 1210. The first-order valence-corrected chi connectivity index (χ1v) is 11.7. The van der Waals surface area contributed by atoms with Crippen molar-refractivity contribution in [2.45, 2.75) is 51.0 Å². The van der Waals surface area contributed by atoms with Crippen LogP contribution in [0.15, 0.2) is 36.7 Å². The van der Waals surface area contributed by atoms with Crippen molar-refractivity contribution in [1.29, 1.82) is 0 Å². The van der Waals surface area contributed by atoms with Gasteiger partial charge in [0.2, 0.25) is 0 Å².